The highest BCUT2D eigenvalue weighted by atomic mass is 14.7. The molecule has 0 atom stereocenters. The van der Waals surface area contributed by atoms with Crippen LogP contribution in [0.5, 0.6) is 0 Å². The lowest BCUT2D eigenvalue weighted by Crippen LogP contribution is -1.92. The number of pyridine rings is 2. The maximum absolute atomic E-state index is 4.62. The van der Waals surface area contributed by atoms with Gasteiger partial charge in [-0.15, -0.1) is 0 Å². The molecule has 0 N–H and O–H groups in total. The third-order valence-electron chi connectivity index (χ3n) is 7.79. The first-order valence-corrected chi connectivity index (χ1v) is 13.7. The van der Waals surface area contributed by atoms with Crippen LogP contribution in [0.25, 0.3) is 66.2 Å². The minimum Gasteiger partial charge on any atom is -0.262 e. The van der Waals surface area contributed by atoms with Crippen LogP contribution in [0.1, 0.15) is 11.3 Å². The fourth-order valence-corrected chi connectivity index (χ4v) is 5.89. The third kappa shape index (κ3) is 4.15. The second kappa shape index (κ2) is 9.91. The van der Waals surface area contributed by atoms with Crippen molar-refractivity contribution in [3.63, 3.8) is 0 Å². The van der Waals surface area contributed by atoms with Gasteiger partial charge in [0.15, 0.2) is 0 Å². The van der Waals surface area contributed by atoms with Gasteiger partial charge >= 0.3 is 0 Å². The summed E-state index contributed by atoms with van der Waals surface area (Å²) >= 11 is 0. The molecule has 0 saturated heterocycles. The Hall–Kier alpha value is -5.08. The van der Waals surface area contributed by atoms with Gasteiger partial charge in [0.05, 0.1) is 5.69 Å². The van der Waals surface area contributed by atoms with Gasteiger partial charge in [0, 0.05) is 23.7 Å². The Morgan fingerprint density at radius 2 is 0.900 bits per heavy atom. The molecule has 40 heavy (non-hydrogen) atoms. The molecule has 2 heterocycles. The molecule has 7 aromatic rings. The Balaban J connectivity index is 1.41. The number of aryl methyl sites for hydroxylation is 2. The number of benzene rings is 5. The number of nitrogens with zero attached hydrogens (tertiary/aromatic N) is 2. The molecule has 0 aliphatic rings. The number of hydrogen-bond donors (Lipinski definition) is 0. The molecular formula is C38H28N2. The summed E-state index contributed by atoms with van der Waals surface area (Å²) in [5.41, 5.74) is 11.7. The van der Waals surface area contributed by atoms with Crippen molar-refractivity contribution < 1.29 is 0 Å². The predicted octanol–water partition coefficient (Wildman–Crippen LogP) is 10.1. The van der Waals surface area contributed by atoms with Crippen molar-refractivity contribution in [3.05, 3.63) is 145 Å². The number of hydrogen-bond acceptors (Lipinski definition) is 2. The van der Waals surface area contributed by atoms with Crippen molar-refractivity contribution in [1.82, 2.24) is 9.97 Å². The fraction of sp³-hybridized carbons (Fsp3) is 0.0526. The van der Waals surface area contributed by atoms with Gasteiger partial charge < -0.3 is 0 Å². The highest BCUT2D eigenvalue weighted by Crippen LogP contribution is 2.44. The summed E-state index contributed by atoms with van der Waals surface area (Å²) in [5.74, 6) is 0. The number of rotatable bonds is 4. The van der Waals surface area contributed by atoms with Crippen LogP contribution in [0.2, 0.25) is 0 Å². The summed E-state index contributed by atoms with van der Waals surface area (Å²) < 4.78 is 0. The molecule has 2 aromatic heterocycles. The average molecular weight is 513 g/mol. The van der Waals surface area contributed by atoms with E-state index in [-0.39, 0.29) is 0 Å². The van der Waals surface area contributed by atoms with Crippen molar-refractivity contribution in [1.29, 1.82) is 0 Å². The van der Waals surface area contributed by atoms with E-state index in [1.165, 1.54) is 60.5 Å². The van der Waals surface area contributed by atoms with Crippen LogP contribution in [0.15, 0.2) is 134 Å². The first kappa shape index (κ1) is 24.0. The largest absolute Gasteiger partial charge is 0.262 e. The van der Waals surface area contributed by atoms with Gasteiger partial charge in [-0.05, 0) is 92.5 Å². The molecule has 0 bridgehead atoms. The van der Waals surface area contributed by atoms with E-state index in [1.54, 1.807) is 0 Å². The Kier molecular flexibility index (Phi) is 5.94. The Labute approximate surface area is 234 Å². The van der Waals surface area contributed by atoms with E-state index in [0.29, 0.717) is 0 Å². The van der Waals surface area contributed by atoms with E-state index in [4.69, 9.17) is 0 Å². The maximum atomic E-state index is 4.62. The molecule has 7 rings (SSSR count). The normalized spacial score (nSPS) is 11.2. The van der Waals surface area contributed by atoms with Crippen LogP contribution < -0.4 is 0 Å². The molecule has 0 saturated carbocycles. The molecule has 190 valence electrons. The molecule has 2 heteroatoms. The zero-order valence-electron chi connectivity index (χ0n) is 22.6. The molecule has 0 spiro atoms. The summed E-state index contributed by atoms with van der Waals surface area (Å²) in [4.78, 5) is 8.98. The van der Waals surface area contributed by atoms with E-state index in [1.807, 2.05) is 25.4 Å². The smallest absolute Gasteiger partial charge is 0.0731 e. The summed E-state index contributed by atoms with van der Waals surface area (Å²) in [7, 11) is 0. The van der Waals surface area contributed by atoms with E-state index in [0.717, 1.165) is 17.0 Å². The van der Waals surface area contributed by atoms with E-state index >= 15 is 0 Å². The van der Waals surface area contributed by atoms with Gasteiger partial charge in [0.1, 0.15) is 0 Å². The lowest BCUT2D eigenvalue weighted by atomic mass is 9.85. The van der Waals surface area contributed by atoms with Gasteiger partial charge in [-0.25, -0.2) is 0 Å². The minimum absolute atomic E-state index is 1.03. The van der Waals surface area contributed by atoms with E-state index in [9.17, 15) is 0 Å². The monoisotopic (exact) mass is 512 g/mol. The standard InChI is InChI=1S/C38H28N2/c1-25-8-7-22-40-38(25)30-19-17-29(18-20-30)37-34-11-5-3-9-32(34)36(33-10-4-6-12-35(33)37)28-15-13-27(14-16-28)31-21-23-39-26(2)24-31/h3-24H,1-2H3. The second-order valence-corrected chi connectivity index (χ2v) is 10.4. The van der Waals surface area contributed by atoms with Crippen LogP contribution in [0, 0.1) is 13.8 Å². The van der Waals surface area contributed by atoms with Crippen molar-refractivity contribution in [3.8, 4) is 44.6 Å². The van der Waals surface area contributed by atoms with Gasteiger partial charge in [0.2, 0.25) is 0 Å². The van der Waals surface area contributed by atoms with Gasteiger partial charge in [0.25, 0.3) is 0 Å². The second-order valence-electron chi connectivity index (χ2n) is 10.4. The highest BCUT2D eigenvalue weighted by Gasteiger charge is 2.16. The van der Waals surface area contributed by atoms with Gasteiger partial charge in [-0.3, -0.25) is 9.97 Å². The SMILES string of the molecule is Cc1cc(-c2ccc(-c3c4ccccc4c(-c4ccc(-c5ncccc5C)cc4)c4ccccc34)cc2)ccn1. The maximum Gasteiger partial charge on any atom is 0.0731 e. The summed E-state index contributed by atoms with van der Waals surface area (Å²) in [5, 5.41) is 5.03. The molecule has 0 unspecified atom stereocenters. The minimum atomic E-state index is 1.03. The van der Waals surface area contributed by atoms with E-state index < -0.39 is 0 Å². The van der Waals surface area contributed by atoms with Crippen molar-refractivity contribution in [2.45, 2.75) is 13.8 Å². The average Bonchev–Trinajstić information content (AvgIpc) is 3.00. The zero-order chi connectivity index (χ0) is 27.1. The van der Waals surface area contributed by atoms with Crippen molar-refractivity contribution in [2.75, 3.05) is 0 Å². The third-order valence-corrected chi connectivity index (χ3v) is 7.79. The molecule has 0 amide bonds. The topological polar surface area (TPSA) is 25.8 Å². The molecular weight excluding hydrogens is 484 g/mol. The van der Waals surface area contributed by atoms with Crippen LogP contribution in [-0.4, -0.2) is 9.97 Å². The summed E-state index contributed by atoms with van der Waals surface area (Å²) in [6, 6.07) is 43.7. The number of aromatic nitrogens is 2. The first-order valence-electron chi connectivity index (χ1n) is 13.7. The highest BCUT2D eigenvalue weighted by molar-refractivity contribution is 6.21. The molecule has 2 nitrogen and oxygen atoms in total. The zero-order valence-corrected chi connectivity index (χ0v) is 22.6. The molecule has 0 aliphatic heterocycles. The molecule has 0 radical (unpaired) electrons. The molecule has 5 aromatic carbocycles. The lowest BCUT2D eigenvalue weighted by Gasteiger charge is -2.18. The Morgan fingerprint density at radius 1 is 0.400 bits per heavy atom. The fourth-order valence-electron chi connectivity index (χ4n) is 5.89. The molecule has 0 aliphatic carbocycles. The van der Waals surface area contributed by atoms with Crippen LogP contribution >= 0.6 is 0 Å². The van der Waals surface area contributed by atoms with Crippen LogP contribution in [-0.2, 0) is 0 Å². The Bertz CT molecular complexity index is 1950. The quantitative estimate of drug-likeness (QED) is 0.219. The van der Waals surface area contributed by atoms with Crippen LogP contribution in [0.3, 0.4) is 0 Å². The van der Waals surface area contributed by atoms with Gasteiger partial charge in [-0.2, -0.15) is 0 Å². The van der Waals surface area contributed by atoms with E-state index in [2.05, 4.69) is 132 Å². The summed E-state index contributed by atoms with van der Waals surface area (Å²) in [6.45, 7) is 4.14. The van der Waals surface area contributed by atoms with Crippen molar-refractivity contribution >= 4 is 21.5 Å². The first-order chi connectivity index (χ1) is 19.7. The summed E-state index contributed by atoms with van der Waals surface area (Å²) in [6.07, 6.45) is 3.74. The van der Waals surface area contributed by atoms with Crippen LogP contribution in [0.4, 0.5) is 0 Å². The van der Waals surface area contributed by atoms with Crippen molar-refractivity contribution in [2.24, 2.45) is 0 Å². The lowest BCUT2D eigenvalue weighted by molar-refractivity contribution is 1.20. The Morgan fingerprint density at radius 3 is 1.40 bits per heavy atom. The van der Waals surface area contributed by atoms with Gasteiger partial charge in [-0.1, -0.05) is 103 Å². The predicted molar refractivity (Wildman–Crippen MR) is 168 cm³/mol. The number of fused-ring (bicyclic) bond motifs is 2. The molecule has 0 fully saturated rings.